The summed E-state index contributed by atoms with van der Waals surface area (Å²) in [5.41, 5.74) is 7.14. The van der Waals surface area contributed by atoms with Crippen LogP contribution < -0.4 is 10.5 Å². The molecule has 5 heteroatoms. The van der Waals surface area contributed by atoms with E-state index in [1.54, 1.807) is 13.2 Å². The number of nitrogens with zero attached hydrogens (tertiary/aromatic N) is 1. The summed E-state index contributed by atoms with van der Waals surface area (Å²) in [4.78, 5) is 0. The SMILES string of the molecule is COCCCOc1c(C)cccc1/C(N)=N/O. The van der Waals surface area contributed by atoms with Crippen LogP contribution in [0.25, 0.3) is 0 Å². The molecule has 0 saturated heterocycles. The number of rotatable bonds is 6. The smallest absolute Gasteiger partial charge is 0.173 e. The van der Waals surface area contributed by atoms with Gasteiger partial charge in [-0.15, -0.1) is 0 Å². The lowest BCUT2D eigenvalue weighted by Crippen LogP contribution is -2.16. The van der Waals surface area contributed by atoms with Crippen molar-refractivity contribution in [3.63, 3.8) is 0 Å². The van der Waals surface area contributed by atoms with Gasteiger partial charge in [-0.25, -0.2) is 0 Å². The van der Waals surface area contributed by atoms with Crippen LogP contribution in [0, 0.1) is 6.92 Å². The summed E-state index contributed by atoms with van der Waals surface area (Å²) in [6.07, 6.45) is 0.792. The molecule has 0 aliphatic rings. The lowest BCUT2D eigenvalue weighted by Gasteiger charge is -2.13. The zero-order valence-electron chi connectivity index (χ0n) is 10.1. The van der Waals surface area contributed by atoms with Gasteiger partial charge in [-0.2, -0.15) is 0 Å². The Labute approximate surface area is 101 Å². The molecule has 0 atom stereocenters. The van der Waals surface area contributed by atoms with Crippen LogP contribution in [-0.2, 0) is 4.74 Å². The van der Waals surface area contributed by atoms with Crippen molar-refractivity contribution in [2.24, 2.45) is 10.9 Å². The number of oxime groups is 1. The first-order valence-corrected chi connectivity index (χ1v) is 5.40. The standard InChI is InChI=1S/C12H18N2O3/c1-9-5-3-6-10(12(13)14-15)11(9)17-8-4-7-16-2/h3,5-6,15H,4,7-8H2,1-2H3,(H2,13,14). The highest BCUT2D eigenvalue weighted by Crippen LogP contribution is 2.23. The van der Waals surface area contributed by atoms with Gasteiger partial charge >= 0.3 is 0 Å². The number of nitrogens with two attached hydrogens (primary N) is 1. The Balaban J connectivity index is 2.81. The van der Waals surface area contributed by atoms with E-state index in [0.717, 1.165) is 12.0 Å². The Morgan fingerprint density at radius 1 is 1.41 bits per heavy atom. The predicted octanol–water partition coefficient (Wildman–Crippen LogP) is 1.50. The quantitative estimate of drug-likeness (QED) is 0.259. The molecule has 0 aliphatic carbocycles. The highest BCUT2D eigenvalue weighted by molar-refractivity contribution is 5.99. The first-order chi connectivity index (χ1) is 8.20. The predicted molar refractivity (Wildman–Crippen MR) is 65.7 cm³/mol. The van der Waals surface area contributed by atoms with E-state index in [4.69, 9.17) is 20.4 Å². The number of amidine groups is 1. The van der Waals surface area contributed by atoms with E-state index in [1.165, 1.54) is 0 Å². The zero-order valence-corrected chi connectivity index (χ0v) is 10.1. The molecule has 0 aromatic heterocycles. The molecule has 1 aromatic carbocycles. The molecule has 1 rings (SSSR count). The van der Waals surface area contributed by atoms with Gasteiger partial charge in [-0.05, 0) is 18.6 Å². The van der Waals surface area contributed by atoms with Gasteiger partial charge < -0.3 is 20.4 Å². The Morgan fingerprint density at radius 3 is 2.82 bits per heavy atom. The third-order valence-electron chi connectivity index (χ3n) is 2.33. The second kappa shape index (κ2) is 6.75. The van der Waals surface area contributed by atoms with E-state index >= 15 is 0 Å². The Morgan fingerprint density at radius 2 is 2.18 bits per heavy atom. The van der Waals surface area contributed by atoms with E-state index in [-0.39, 0.29) is 5.84 Å². The second-order valence-corrected chi connectivity index (χ2v) is 3.63. The van der Waals surface area contributed by atoms with Crippen LogP contribution in [0.5, 0.6) is 5.75 Å². The summed E-state index contributed by atoms with van der Waals surface area (Å²) in [6.45, 7) is 3.09. The van der Waals surface area contributed by atoms with Crippen molar-refractivity contribution in [3.8, 4) is 5.75 Å². The number of para-hydroxylation sites is 1. The maximum atomic E-state index is 8.70. The number of ether oxygens (including phenoxy) is 2. The third kappa shape index (κ3) is 3.64. The fourth-order valence-electron chi connectivity index (χ4n) is 1.48. The number of hydrogen-bond donors (Lipinski definition) is 2. The summed E-state index contributed by atoms with van der Waals surface area (Å²) in [6, 6.07) is 5.51. The van der Waals surface area contributed by atoms with Gasteiger partial charge in [0.25, 0.3) is 0 Å². The van der Waals surface area contributed by atoms with Gasteiger partial charge in [0.15, 0.2) is 5.84 Å². The van der Waals surface area contributed by atoms with Gasteiger partial charge in [-0.1, -0.05) is 17.3 Å². The van der Waals surface area contributed by atoms with Crippen molar-refractivity contribution in [2.75, 3.05) is 20.3 Å². The molecule has 0 saturated carbocycles. The molecule has 0 unspecified atom stereocenters. The topological polar surface area (TPSA) is 77.1 Å². The molecule has 3 N–H and O–H groups in total. The molecule has 1 aromatic rings. The van der Waals surface area contributed by atoms with Gasteiger partial charge in [0.05, 0.1) is 12.2 Å². The highest BCUT2D eigenvalue weighted by Gasteiger charge is 2.10. The second-order valence-electron chi connectivity index (χ2n) is 3.63. The summed E-state index contributed by atoms with van der Waals surface area (Å²) >= 11 is 0. The summed E-state index contributed by atoms with van der Waals surface area (Å²) in [7, 11) is 1.65. The molecule has 5 nitrogen and oxygen atoms in total. The lowest BCUT2D eigenvalue weighted by molar-refractivity contribution is 0.172. The number of benzene rings is 1. The van der Waals surface area contributed by atoms with Crippen LogP contribution in [-0.4, -0.2) is 31.4 Å². The summed E-state index contributed by atoms with van der Waals surface area (Å²) < 4.78 is 10.6. The molecule has 0 amide bonds. The van der Waals surface area contributed by atoms with E-state index in [0.29, 0.717) is 24.5 Å². The minimum Gasteiger partial charge on any atom is -0.492 e. The van der Waals surface area contributed by atoms with Crippen LogP contribution in [0.2, 0.25) is 0 Å². The largest absolute Gasteiger partial charge is 0.492 e. The molecule has 94 valence electrons. The van der Waals surface area contributed by atoms with Crippen LogP contribution in [0.1, 0.15) is 17.5 Å². The highest BCUT2D eigenvalue weighted by atomic mass is 16.5. The van der Waals surface area contributed by atoms with Crippen molar-refractivity contribution in [1.29, 1.82) is 0 Å². The Bertz CT molecular complexity index is 391. The third-order valence-corrected chi connectivity index (χ3v) is 2.33. The molecule has 0 radical (unpaired) electrons. The number of hydrogen-bond acceptors (Lipinski definition) is 4. The van der Waals surface area contributed by atoms with Crippen LogP contribution in [0.4, 0.5) is 0 Å². The first-order valence-electron chi connectivity index (χ1n) is 5.40. The van der Waals surface area contributed by atoms with E-state index in [9.17, 15) is 0 Å². The Hall–Kier alpha value is -1.75. The van der Waals surface area contributed by atoms with Gasteiger partial charge in [0.2, 0.25) is 0 Å². The van der Waals surface area contributed by atoms with Crippen molar-refractivity contribution >= 4 is 5.84 Å². The van der Waals surface area contributed by atoms with Crippen molar-refractivity contribution in [1.82, 2.24) is 0 Å². The van der Waals surface area contributed by atoms with Gasteiger partial charge in [-0.3, -0.25) is 0 Å². The van der Waals surface area contributed by atoms with Crippen molar-refractivity contribution in [2.45, 2.75) is 13.3 Å². The normalized spacial score (nSPS) is 11.5. The Kier molecular flexibility index (Phi) is 5.29. The zero-order chi connectivity index (χ0) is 12.7. The molecule has 0 aliphatic heterocycles. The van der Waals surface area contributed by atoms with E-state index < -0.39 is 0 Å². The average Bonchev–Trinajstić information content (AvgIpc) is 2.35. The molecule has 0 bridgehead atoms. The maximum Gasteiger partial charge on any atom is 0.173 e. The van der Waals surface area contributed by atoms with Crippen LogP contribution >= 0.6 is 0 Å². The fourth-order valence-corrected chi connectivity index (χ4v) is 1.48. The molecular weight excluding hydrogens is 220 g/mol. The summed E-state index contributed by atoms with van der Waals surface area (Å²) in [5.74, 6) is 0.703. The average molecular weight is 238 g/mol. The van der Waals surface area contributed by atoms with Crippen molar-refractivity contribution < 1.29 is 14.7 Å². The monoisotopic (exact) mass is 238 g/mol. The van der Waals surface area contributed by atoms with E-state index in [2.05, 4.69) is 5.16 Å². The minimum absolute atomic E-state index is 0.0513. The molecule has 17 heavy (non-hydrogen) atoms. The molecule has 0 heterocycles. The minimum atomic E-state index is 0.0513. The molecule has 0 fully saturated rings. The summed E-state index contributed by atoms with van der Waals surface area (Å²) in [5, 5.41) is 11.7. The number of aryl methyl sites for hydroxylation is 1. The lowest BCUT2D eigenvalue weighted by atomic mass is 10.1. The first kappa shape index (κ1) is 13.3. The van der Waals surface area contributed by atoms with Crippen LogP contribution in [0.3, 0.4) is 0 Å². The van der Waals surface area contributed by atoms with E-state index in [1.807, 2.05) is 19.1 Å². The van der Waals surface area contributed by atoms with Gasteiger partial charge in [0, 0.05) is 20.1 Å². The number of methoxy groups -OCH3 is 1. The van der Waals surface area contributed by atoms with Gasteiger partial charge in [0.1, 0.15) is 5.75 Å². The molecule has 0 spiro atoms. The van der Waals surface area contributed by atoms with Crippen LogP contribution in [0.15, 0.2) is 23.4 Å². The molecular formula is C12H18N2O3. The maximum absolute atomic E-state index is 8.70. The van der Waals surface area contributed by atoms with Crippen molar-refractivity contribution in [3.05, 3.63) is 29.3 Å². The fraction of sp³-hybridized carbons (Fsp3) is 0.417.